The molecule has 1 aromatic carbocycles. The summed E-state index contributed by atoms with van der Waals surface area (Å²) < 4.78 is 7.59. The number of thiazole rings is 1. The summed E-state index contributed by atoms with van der Waals surface area (Å²) in [6.07, 6.45) is 3.60. The van der Waals surface area contributed by atoms with E-state index in [0.29, 0.717) is 4.80 Å². The van der Waals surface area contributed by atoms with Gasteiger partial charge in [-0.1, -0.05) is 44.1 Å². The van der Waals surface area contributed by atoms with Crippen LogP contribution in [0.15, 0.2) is 23.2 Å². The molecule has 0 fully saturated rings. The average molecular weight is 362 g/mol. The molecule has 0 saturated heterocycles. The predicted molar refractivity (Wildman–Crippen MR) is 100 cm³/mol. The number of carbonyl (C=O) groups excluding carboxylic acids is 2. The first-order chi connectivity index (χ1) is 12.0. The number of ether oxygens (including phenoxy) is 1. The molecule has 0 unspecified atom stereocenters. The van der Waals surface area contributed by atoms with Gasteiger partial charge in [0.05, 0.1) is 17.3 Å². The number of fused-ring (bicyclic) bond motifs is 1. The molecule has 0 bridgehead atoms. The second-order valence-electron chi connectivity index (χ2n) is 6.24. The zero-order valence-corrected chi connectivity index (χ0v) is 16.2. The van der Waals surface area contributed by atoms with Gasteiger partial charge in [0, 0.05) is 5.92 Å². The molecule has 1 heterocycles. The van der Waals surface area contributed by atoms with E-state index in [1.165, 1.54) is 18.4 Å². The van der Waals surface area contributed by atoms with Crippen molar-refractivity contribution >= 4 is 33.4 Å². The number of aromatic nitrogens is 1. The van der Waals surface area contributed by atoms with Gasteiger partial charge in [0.25, 0.3) is 5.91 Å². The lowest BCUT2D eigenvalue weighted by Gasteiger charge is -2.10. The van der Waals surface area contributed by atoms with Crippen LogP contribution in [0.1, 0.15) is 45.1 Å². The van der Waals surface area contributed by atoms with Crippen LogP contribution in [0.2, 0.25) is 0 Å². The quantitative estimate of drug-likeness (QED) is 0.703. The molecule has 2 aromatic rings. The van der Waals surface area contributed by atoms with Crippen LogP contribution in [0, 0.1) is 12.8 Å². The first kappa shape index (κ1) is 19.4. The van der Waals surface area contributed by atoms with E-state index in [1.54, 1.807) is 4.57 Å². The SMILES string of the molecule is CCCC(CCC)C(=O)N=c1sc2cc(C)ccc2n1CC(=O)OC. The molecule has 0 radical (unpaired) electrons. The molecular formula is C19H26N2O3S. The Balaban J connectivity index is 2.52. The van der Waals surface area contributed by atoms with Gasteiger partial charge in [0.1, 0.15) is 6.54 Å². The van der Waals surface area contributed by atoms with Crippen molar-refractivity contribution in [2.45, 2.75) is 53.0 Å². The number of nitrogens with zero attached hydrogens (tertiary/aromatic N) is 2. The number of hydrogen-bond acceptors (Lipinski definition) is 4. The van der Waals surface area contributed by atoms with Gasteiger partial charge >= 0.3 is 5.97 Å². The minimum atomic E-state index is -0.354. The molecule has 136 valence electrons. The minimum absolute atomic E-state index is 0.0477. The van der Waals surface area contributed by atoms with Gasteiger partial charge in [-0.05, 0) is 37.5 Å². The number of hydrogen-bond donors (Lipinski definition) is 0. The highest BCUT2D eigenvalue weighted by Gasteiger charge is 2.17. The summed E-state index contributed by atoms with van der Waals surface area (Å²) in [5.74, 6) is -0.494. The van der Waals surface area contributed by atoms with E-state index in [1.807, 2.05) is 25.1 Å². The van der Waals surface area contributed by atoms with Crippen molar-refractivity contribution in [3.8, 4) is 0 Å². The summed E-state index contributed by atoms with van der Waals surface area (Å²) in [4.78, 5) is 29.4. The van der Waals surface area contributed by atoms with Gasteiger partial charge in [0.2, 0.25) is 0 Å². The van der Waals surface area contributed by atoms with E-state index in [0.717, 1.165) is 41.5 Å². The van der Waals surface area contributed by atoms with Crippen molar-refractivity contribution < 1.29 is 14.3 Å². The van der Waals surface area contributed by atoms with Crippen LogP contribution in [-0.4, -0.2) is 23.6 Å². The van der Waals surface area contributed by atoms with Gasteiger partial charge in [-0.15, -0.1) is 0 Å². The van der Waals surface area contributed by atoms with Crippen LogP contribution in [0.25, 0.3) is 10.2 Å². The second-order valence-corrected chi connectivity index (χ2v) is 7.25. The van der Waals surface area contributed by atoms with E-state index in [-0.39, 0.29) is 24.3 Å². The summed E-state index contributed by atoms with van der Waals surface area (Å²) in [7, 11) is 1.36. The van der Waals surface area contributed by atoms with Crippen molar-refractivity contribution in [2.75, 3.05) is 7.11 Å². The van der Waals surface area contributed by atoms with E-state index in [4.69, 9.17) is 4.74 Å². The number of methoxy groups -OCH3 is 1. The fourth-order valence-corrected chi connectivity index (χ4v) is 4.02. The fourth-order valence-electron chi connectivity index (χ4n) is 2.89. The third-order valence-corrected chi connectivity index (χ3v) is 5.22. The number of rotatable bonds is 7. The lowest BCUT2D eigenvalue weighted by atomic mass is 9.98. The van der Waals surface area contributed by atoms with Crippen LogP contribution in [0.4, 0.5) is 0 Å². The zero-order valence-electron chi connectivity index (χ0n) is 15.4. The van der Waals surface area contributed by atoms with Gasteiger partial charge in [-0.25, -0.2) is 0 Å². The Hall–Kier alpha value is -1.95. The molecule has 0 saturated carbocycles. The zero-order chi connectivity index (χ0) is 18.4. The van der Waals surface area contributed by atoms with Crippen molar-refractivity contribution in [1.82, 2.24) is 4.57 Å². The Morgan fingerprint density at radius 3 is 2.52 bits per heavy atom. The highest BCUT2D eigenvalue weighted by Crippen LogP contribution is 2.20. The number of aryl methyl sites for hydroxylation is 1. The number of benzene rings is 1. The Labute approximate surface area is 152 Å². The number of amides is 1. The first-order valence-corrected chi connectivity index (χ1v) is 9.57. The molecular weight excluding hydrogens is 336 g/mol. The van der Waals surface area contributed by atoms with Crippen LogP contribution >= 0.6 is 11.3 Å². The number of esters is 1. The van der Waals surface area contributed by atoms with Crippen molar-refractivity contribution in [1.29, 1.82) is 0 Å². The highest BCUT2D eigenvalue weighted by atomic mass is 32.1. The summed E-state index contributed by atoms with van der Waals surface area (Å²) >= 11 is 1.44. The molecule has 1 aromatic heterocycles. The standard InChI is InChI=1S/C19H26N2O3S/c1-5-7-14(8-6-2)18(23)20-19-21(12-17(22)24-4)15-10-9-13(3)11-16(15)25-19/h9-11,14H,5-8,12H2,1-4H3. The molecule has 0 N–H and O–H groups in total. The monoisotopic (exact) mass is 362 g/mol. The van der Waals surface area contributed by atoms with Gasteiger partial charge in [0.15, 0.2) is 4.80 Å². The maximum absolute atomic E-state index is 12.7. The summed E-state index contributed by atoms with van der Waals surface area (Å²) in [6.45, 7) is 6.23. The molecule has 1 amide bonds. The lowest BCUT2D eigenvalue weighted by Crippen LogP contribution is -2.24. The maximum Gasteiger partial charge on any atom is 0.325 e. The van der Waals surface area contributed by atoms with E-state index in [2.05, 4.69) is 18.8 Å². The highest BCUT2D eigenvalue weighted by molar-refractivity contribution is 7.16. The fraction of sp³-hybridized carbons (Fsp3) is 0.526. The first-order valence-electron chi connectivity index (χ1n) is 8.75. The molecule has 0 aliphatic rings. The predicted octanol–water partition coefficient (Wildman–Crippen LogP) is 3.83. The van der Waals surface area contributed by atoms with Crippen LogP contribution < -0.4 is 4.80 Å². The van der Waals surface area contributed by atoms with Gasteiger partial charge in [-0.2, -0.15) is 4.99 Å². The normalized spacial score (nSPS) is 12.1. The Kier molecular flexibility index (Phi) is 6.93. The Bertz CT molecular complexity index is 814. The Morgan fingerprint density at radius 2 is 1.92 bits per heavy atom. The van der Waals surface area contributed by atoms with Crippen LogP contribution in [-0.2, 0) is 20.9 Å². The smallest absolute Gasteiger partial charge is 0.325 e. The molecule has 25 heavy (non-hydrogen) atoms. The minimum Gasteiger partial charge on any atom is -0.468 e. The Morgan fingerprint density at radius 1 is 1.24 bits per heavy atom. The molecule has 5 nitrogen and oxygen atoms in total. The molecule has 0 aliphatic heterocycles. The van der Waals surface area contributed by atoms with Crippen LogP contribution in [0.5, 0.6) is 0 Å². The summed E-state index contributed by atoms with van der Waals surface area (Å²) in [5.41, 5.74) is 2.03. The summed E-state index contributed by atoms with van der Waals surface area (Å²) in [6, 6.07) is 6.00. The molecule has 0 atom stereocenters. The maximum atomic E-state index is 12.7. The molecule has 0 aliphatic carbocycles. The van der Waals surface area contributed by atoms with Crippen molar-refractivity contribution in [3.63, 3.8) is 0 Å². The van der Waals surface area contributed by atoms with E-state index >= 15 is 0 Å². The molecule has 6 heteroatoms. The number of carbonyl (C=O) groups is 2. The topological polar surface area (TPSA) is 60.7 Å². The van der Waals surface area contributed by atoms with Crippen LogP contribution in [0.3, 0.4) is 0 Å². The van der Waals surface area contributed by atoms with Gasteiger partial charge < -0.3 is 9.30 Å². The van der Waals surface area contributed by atoms with Crippen molar-refractivity contribution in [3.05, 3.63) is 28.6 Å². The third kappa shape index (κ3) is 4.78. The lowest BCUT2D eigenvalue weighted by molar-refractivity contribution is -0.141. The second kappa shape index (κ2) is 8.94. The third-order valence-electron chi connectivity index (χ3n) is 4.18. The molecule has 2 rings (SSSR count). The largest absolute Gasteiger partial charge is 0.468 e. The van der Waals surface area contributed by atoms with E-state index in [9.17, 15) is 9.59 Å². The van der Waals surface area contributed by atoms with Crippen molar-refractivity contribution in [2.24, 2.45) is 10.9 Å². The van der Waals surface area contributed by atoms with E-state index < -0.39 is 0 Å². The summed E-state index contributed by atoms with van der Waals surface area (Å²) in [5, 5.41) is 0. The average Bonchev–Trinajstić information content (AvgIpc) is 2.90. The van der Waals surface area contributed by atoms with Gasteiger partial charge in [-0.3, -0.25) is 9.59 Å². The molecule has 0 spiro atoms.